The van der Waals surface area contributed by atoms with Crippen molar-refractivity contribution in [3.63, 3.8) is 0 Å². The number of likely N-dealkylation sites (tertiary alicyclic amines) is 1. The standard InChI is InChI=1S/C27H35N3O4S/c1-21-9-8-10-24(26(21)27(32)29-17-6-7-18-29)28-25(31)16-13-22-11-14-23(15-12-22)35(33,34)30-19-4-2-3-5-20-30/h8-12,14-15H,2-7,13,16-20H2,1H3,(H,28,31). The molecule has 35 heavy (non-hydrogen) atoms. The molecule has 1 N–H and O–H groups in total. The Kier molecular flexibility index (Phi) is 8.23. The maximum absolute atomic E-state index is 13.0. The first-order valence-electron chi connectivity index (χ1n) is 12.6. The molecule has 4 rings (SSSR count). The Bertz CT molecular complexity index is 1150. The first-order valence-corrected chi connectivity index (χ1v) is 14.1. The van der Waals surface area contributed by atoms with Gasteiger partial charge >= 0.3 is 0 Å². The highest BCUT2D eigenvalue weighted by molar-refractivity contribution is 7.89. The van der Waals surface area contributed by atoms with E-state index >= 15 is 0 Å². The zero-order valence-corrected chi connectivity index (χ0v) is 21.3. The third-order valence-electron chi connectivity index (χ3n) is 6.92. The molecular weight excluding hydrogens is 462 g/mol. The molecule has 7 nitrogen and oxygen atoms in total. The summed E-state index contributed by atoms with van der Waals surface area (Å²) < 4.78 is 27.5. The maximum Gasteiger partial charge on any atom is 0.256 e. The molecule has 2 aromatic rings. The van der Waals surface area contributed by atoms with Gasteiger partial charge in [0.05, 0.1) is 16.1 Å². The zero-order chi connectivity index (χ0) is 24.8. The SMILES string of the molecule is Cc1cccc(NC(=O)CCc2ccc(S(=O)(=O)N3CCCCCC3)cc2)c1C(=O)N1CCCC1. The van der Waals surface area contributed by atoms with Crippen LogP contribution in [0.2, 0.25) is 0 Å². The molecule has 0 atom stereocenters. The molecule has 2 aliphatic rings. The topological polar surface area (TPSA) is 86.8 Å². The lowest BCUT2D eigenvalue weighted by Gasteiger charge is -2.20. The monoisotopic (exact) mass is 497 g/mol. The summed E-state index contributed by atoms with van der Waals surface area (Å²) in [6, 6.07) is 12.4. The molecule has 188 valence electrons. The van der Waals surface area contributed by atoms with E-state index in [2.05, 4.69) is 5.32 Å². The first-order chi connectivity index (χ1) is 16.9. The number of aryl methyl sites for hydroxylation is 2. The zero-order valence-electron chi connectivity index (χ0n) is 20.5. The molecular formula is C27H35N3O4S. The fourth-order valence-electron chi connectivity index (χ4n) is 4.86. The summed E-state index contributed by atoms with van der Waals surface area (Å²) in [5.41, 5.74) is 2.85. The summed E-state index contributed by atoms with van der Waals surface area (Å²) in [6.07, 6.45) is 6.69. The number of hydrogen-bond donors (Lipinski definition) is 1. The van der Waals surface area contributed by atoms with Crippen LogP contribution in [0.15, 0.2) is 47.4 Å². The van der Waals surface area contributed by atoms with Crippen molar-refractivity contribution in [3.8, 4) is 0 Å². The van der Waals surface area contributed by atoms with Crippen LogP contribution in [-0.4, -0.2) is 55.6 Å². The van der Waals surface area contributed by atoms with Crippen LogP contribution in [0.25, 0.3) is 0 Å². The molecule has 0 radical (unpaired) electrons. The highest BCUT2D eigenvalue weighted by Crippen LogP contribution is 2.24. The van der Waals surface area contributed by atoms with Crippen LogP contribution in [-0.2, 0) is 21.2 Å². The number of carbonyl (C=O) groups excluding carboxylic acids is 2. The van der Waals surface area contributed by atoms with Crippen molar-refractivity contribution in [3.05, 3.63) is 59.2 Å². The molecule has 2 aromatic carbocycles. The lowest BCUT2D eigenvalue weighted by Crippen LogP contribution is -2.31. The third-order valence-corrected chi connectivity index (χ3v) is 8.83. The Morgan fingerprint density at radius 1 is 0.857 bits per heavy atom. The summed E-state index contributed by atoms with van der Waals surface area (Å²) in [6.45, 7) is 4.55. The van der Waals surface area contributed by atoms with Gasteiger partial charge in [-0.1, -0.05) is 37.1 Å². The maximum atomic E-state index is 13.0. The van der Waals surface area contributed by atoms with Crippen LogP contribution in [0.4, 0.5) is 5.69 Å². The van der Waals surface area contributed by atoms with E-state index in [4.69, 9.17) is 0 Å². The number of benzene rings is 2. The molecule has 2 heterocycles. The van der Waals surface area contributed by atoms with E-state index in [1.165, 1.54) is 0 Å². The minimum atomic E-state index is -3.48. The molecule has 2 fully saturated rings. The molecule has 0 spiro atoms. The van der Waals surface area contributed by atoms with E-state index < -0.39 is 10.0 Å². The molecule has 0 aliphatic carbocycles. The average molecular weight is 498 g/mol. The van der Waals surface area contributed by atoms with Gasteiger partial charge in [-0.25, -0.2) is 8.42 Å². The largest absolute Gasteiger partial charge is 0.339 e. The van der Waals surface area contributed by atoms with Crippen molar-refractivity contribution in [2.45, 2.75) is 63.2 Å². The molecule has 0 aromatic heterocycles. The van der Waals surface area contributed by atoms with Crippen LogP contribution in [0, 0.1) is 6.92 Å². The van der Waals surface area contributed by atoms with Gasteiger partial charge in [0.25, 0.3) is 5.91 Å². The van der Waals surface area contributed by atoms with Crippen molar-refractivity contribution >= 4 is 27.5 Å². The minimum Gasteiger partial charge on any atom is -0.339 e. The van der Waals surface area contributed by atoms with Crippen molar-refractivity contribution in [2.24, 2.45) is 0 Å². The molecule has 2 aliphatic heterocycles. The van der Waals surface area contributed by atoms with Gasteiger partial charge < -0.3 is 10.2 Å². The predicted octanol–water partition coefficient (Wildman–Crippen LogP) is 4.37. The fourth-order valence-corrected chi connectivity index (χ4v) is 6.38. The van der Waals surface area contributed by atoms with Crippen LogP contribution in [0.3, 0.4) is 0 Å². The number of anilines is 1. The summed E-state index contributed by atoms with van der Waals surface area (Å²) in [7, 11) is -3.48. The van der Waals surface area contributed by atoms with E-state index in [1.807, 2.05) is 24.0 Å². The number of sulfonamides is 1. The summed E-state index contributed by atoms with van der Waals surface area (Å²) in [5, 5.41) is 2.92. The molecule has 8 heteroatoms. The number of carbonyl (C=O) groups is 2. The van der Waals surface area contributed by atoms with Gasteiger partial charge in [0.1, 0.15) is 0 Å². The Hall–Kier alpha value is -2.71. The number of hydrogen-bond acceptors (Lipinski definition) is 4. The predicted molar refractivity (Wildman–Crippen MR) is 137 cm³/mol. The third kappa shape index (κ3) is 6.11. The highest BCUT2D eigenvalue weighted by Gasteiger charge is 2.26. The molecule has 2 amide bonds. The Balaban J connectivity index is 1.37. The van der Waals surface area contributed by atoms with Crippen LogP contribution >= 0.6 is 0 Å². The van der Waals surface area contributed by atoms with E-state index in [0.29, 0.717) is 35.7 Å². The van der Waals surface area contributed by atoms with Gasteiger partial charge in [0, 0.05) is 32.6 Å². The van der Waals surface area contributed by atoms with Gasteiger partial charge in [0.15, 0.2) is 0 Å². The molecule has 0 bridgehead atoms. The number of nitrogens with one attached hydrogen (secondary N) is 1. The van der Waals surface area contributed by atoms with Crippen LogP contribution in [0.1, 0.15) is 66.4 Å². The van der Waals surface area contributed by atoms with Gasteiger partial charge in [-0.05, 0) is 68.4 Å². The van der Waals surface area contributed by atoms with E-state index in [1.54, 1.807) is 34.6 Å². The smallest absolute Gasteiger partial charge is 0.256 e. The lowest BCUT2D eigenvalue weighted by molar-refractivity contribution is -0.116. The molecule has 0 unspecified atom stereocenters. The molecule has 2 saturated heterocycles. The Morgan fingerprint density at radius 3 is 2.14 bits per heavy atom. The van der Waals surface area contributed by atoms with Crippen LogP contribution in [0.5, 0.6) is 0 Å². The summed E-state index contributed by atoms with van der Waals surface area (Å²) in [5.74, 6) is -0.204. The van der Waals surface area contributed by atoms with Gasteiger partial charge in [-0.15, -0.1) is 0 Å². The number of nitrogens with zero attached hydrogens (tertiary/aromatic N) is 2. The Morgan fingerprint density at radius 2 is 1.49 bits per heavy atom. The second-order valence-electron chi connectivity index (χ2n) is 9.51. The van der Waals surface area contributed by atoms with E-state index in [9.17, 15) is 18.0 Å². The van der Waals surface area contributed by atoms with Gasteiger partial charge in [-0.2, -0.15) is 4.31 Å². The number of rotatable bonds is 7. The second-order valence-corrected chi connectivity index (χ2v) is 11.4. The average Bonchev–Trinajstić information content (AvgIpc) is 3.24. The second kappa shape index (κ2) is 11.4. The van der Waals surface area contributed by atoms with Crippen molar-refractivity contribution < 1.29 is 18.0 Å². The first kappa shape index (κ1) is 25.4. The van der Waals surface area contributed by atoms with Crippen molar-refractivity contribution in [1.82, 2.24) is 9.21 Å². The van der Waals surface area contributed by atoms with Gasteiger partial charge in [0.2, 0.25) is 15.9 Å². The Labute approximate surface area is 208 Å². The van der Waals surface area contributed by atoms with Crippen LogP contribution < -0.4 is 5.32 Å². The normalized spacial score (nSPS) is 17.2. The number of amides is 2. The summed E-state index contributed by atoms with van der Waals surface area (Å²) >= 11 is 0. The van der Waals surface area contributed by atoms with Crippen molar-refractivity contribution in [1.29, 1.82) is 0 Å². The lowest BCUT2D eigenvalue weighted by atomic mass is 10.0. The van der Waals surface area contributed by atoms with Crippen molar-refractivity contribution in [2.75, 3.05) is 31.5 Å². The molecule has 0 saturated carbocycles. The highest BCUT2D eigenvalue weighted by atomic mass is 32.2. The van der Waals surface area contributed by atoms with E-state index in [-0.39, 0.29) is 18.2 Å². The van der Waals surface area contributed by atoms with Gasteiger partial charge in [-0.3, -0.25) is 9.59 Å². The van der Waals surface area contributed by atoms with E-state index in [0.717, 1.165) is 62.7 Å². The quantitative estimate of drug-likeness (QED) is 0.616. The fraction of sp³-hybridized carbons (Fsp3) is 0.481. The minimum absolute atomic E-state index is 0.0305. The summed E-state index contributed by atoms with van der Waals surface area (Å²) in [4.78, 5) is 27.9.